The molecule has 1 saturated heterocycles. The first-order chi connectivity index (χ1) is 15.9. The highest BCUT2D eigenvalue weighted by molar-refractivity contribution is 6.01. The predicted octanol–water partition coefficient (Wildman–Crippen LogP) is 2.39. The van der Waals surface area contributed by atoms with E-state index in [1.165, 1.54) is 0 Å². The number of aromatic nitrogens is 3. The van der Waals surface area contributed by atoms with Gasteiger partial charge in [0.25, 0.3) is 0 Å². The molecule has 4 rings (SSSR count). The highest BCUT2D eigenvalue weighted by Gasteiger charge is 2.24. The van der Waals surface area contributed by atoms with Gasteiger partial charge in [0, 0.05) is 54.6 Å². The molecule has 5 N–H and O–H groups in total. The Bertz CT molecular complexity index is 1160. The standard InChI is InChI=1S/C24H30N6O3/c1-3-20-18(12-17-15(22(25)31)6-5-7-16(17)23(26)32)21(28-14-8-10-33-11-9-14)19-13-27-30(4-2)24(19)29-20/h5-7,13-14H,3-4,8-12H2,1-2H3,(H2,25,31)(H2,26,32)(H,28,29). The largest absolute Gasteiger partial charge is 0.381 e. The molecule has 9 nitrogen and oxygen atoms in total. The Morgan fingerprint density at radius 1 is 1.12 bits per heavy atom. The number of carbonyl (C=O) groups is 2. The first kappa shape index (κ1) is 22.7. The molecule has 174 valence electrons. The molecule has 0 unspecified atom stereocenters. The summed E-state index contributed by atoms with van der Waals surface area (Å²) in [7, 11) is 0. The van der Waals surface area contributed by atoms with Gasteiger partial charge in [0.15, 0.2) is 5.65 Å². The number of nitrogens with two attached hydrogens (primary N) is 2. The maximum atomic E-state index is 12.2. The zero-order valence-corrected chi connectivity index (χ0v) is 19.1. The van der Waals surface area contributed by atoms with E-state index in [1.807, 2.05) is 24.7 Å². The van der Waals surface area contributed by atoms with Crippen molar-refractivity contribution in [3.8, 4) is 0 Å². The second-order valence-electron chi connectivity index (χ2n) is 8.23. The molecule has 0 aliphatic carbocycles. The summed E-state index contributed by atoms with van der Waals surface area (Å²) in [4.78, 5) is 29.3. The minimum Gasteiger partial charge on any atom is -0.381 e. The highest BCUT2D eigenvalue weighted by Crippen LogP contribution is 2.34. The molecule has 1 aliphatic rings. The molecule has 0 saturated carbocycles. The zero-order valence-electron chi connectivity index (χ0n) is 19.1. The summed E-state index contributed by atoms with van der Waals surface area (Å²) in [5.41, 5.74) is 15.9. The Hall–Kier alpha value is -3.46. The lowest BCUT2D eigenvalue weighted by Crippen LogP contribution is -2.29. The van der Waals surface area contributed by atoms with Crippen molar-refractivity contribution in [3.05, 3.63) is 52.3 Å². The van der Waals surface area contributed by atoms with Crippen LogP contribution in [0.1, 0.15) is 64.2 Å². The van der Waals surface area contributed by atoms with Crippen molar-refractivity contribution in [2.75, 3.05) is 18.5 Å². The van der Waals surface area contributed by atoms with Crippen molar-refractivity contribution in [2.45, 2.75) is 52.1 Å². The molecule has 0 atom stereocenters. The minimum atomic E-state index is -0.599. The van der Waals surface area contributed by atoms with Crippen molar-refractivity contribution in [1.29, 1.82) is 0 Å². The predicted molar refractivity (Wildman–Crippen MR) is 126 cm³/mol. The fourth-order valence-electron chi connectivity index (χ4n) is 4.52. The van der Waals surface area contributed by atoms with Gasteiger partial charge in [-0.15, -0.1) is 0 Å². The third kappa shape index (κ3) is 4.41. The molecular formula is C24H30N6O3. The zero-order chi connectivity index (χ0) is 23.5. The summed E-state index contributed by atoms with van der Waals surface area (Å²) in [5.74, 6) is -1.20. The molecule has 1 aromatic carbocycles. The van der Waals surface area contributed by atoms with Crippen LogP contribution in [-0.4, -0.2) is 45.8 Å². The van der Waals surface area contributed by atoms with Crippen molar-refractivity contribution in [3.63, 3.8) is 0 Å². The molecule has 3 aromatic rings. The van der Waals surface area contributed by atoms with Crippen LogP contribution in [0.2, 0.25) is 0 Å². The van der Waals surface area contributed by atoms with Crippen LogP contribution in [0.5, 0.6) is 0 Å². The molecule has 1 fully saturated rings. The number of amides is 2. The molecule has 0 spiro atoms. The van der Waals surface area contributed by atoms with Crippen molar-refractivity contribution >= 4 is 28.5 Å². The number of primary amides is 2. The fourth-order valence-corrected chi connectivity index (χ4v) is 4.52. The van der Waals surface area contributed by atoms with Crippen LogP contribution in [0.25, 0.3) is 11.0 Å². The van der Waals surface area contributed by atoms with Crippen molar-refractivity contribution < 1.29 is 14.3 Å². The lowest BCUT2D eigenvalue weighted by molar-refractivity contribution is 0.0904. The van der Waals surface area contributed by atoms with E-state index >= 15 is 0 Å². The van der Waals surface area contributed by atoms with Crippen molar-refractivity contribution in [2.24, 2.45) is 11.5 Å². The van der Waals surface area contributed by atoms with Crippen LogP contribution in [-0.2, 0) is 24.1 Å². The van der Waals surface area contributed by atoms with Gasteiger partial charge in [-0.1, -0.05) is 13.0 Å². The van der Waals surface area contributed by atoms with Gasteiger partial charge in [-0.05, 0) is 43.9 Å². The van der Waals surface area contributed by atoms with E-state index in [-0.39, 0.29) is 17.2 Å². The summed E-state index contributed by atoms with van der Waals surface area (Å²) in [6, 6.07) is 5.11. The fraction of sp³-hybridized carbons (Fsp3) is 0.417. The number of fused-ring (bicyclic) bond motifs is 1. The van der Waals surface area contributed by atoms with E-state index in [1.54, 1.807) is 18.2 Å². The number of nitrogens with one attached hydrogen (secondary N) is 1. The SMILES string of the molecule is CCc1nc2c(cnn2CC)c(NC2CCOCC2)c1Cc1c(C(N)=O)cccc1C(N)=O. The smallest absolute Gasteiger partial charge is 0.249 e. The average Bonchev–Trinajstić information content (AvgIpc) is 3.23. The lowest BCUT2D eigenvalue weighted by atomic mass is 9.91. The van der Waals surface area contributed by atoms with E-state index in [9.17, 15) is 9.59 Å². The maximum Gasteiger partial charge on any atom is 0.249 e. The average molecular weight is 451 g/mol. The summed E-state index contributed by atoms with van der Waals surface area (Å²) in [6.07, 6.45) is 4.57. The summed E-state index contributed by atoms with van der Waals surface area (Å²) < 4.78 is 7.40. The molecule has 0 radical (unpaired) electrons. The monoisotopic (exact) mass is 450 g/mol. The van der Waals surface area contributed by atoms with Crippen LogP contribution >= 0.6 is 0 Å². The van der Waals surface area contributed by atoms with Gasteiger partial charge in [0.2, 0.25) is 11.8 Å². The molecule has 33 heavy (non-hydrogen) atoms. The molecule has 3 heterocycles. The summed E-state index contributed by atoms with van der Waals surface area (Å²) in [5, 5.41) is 9.15. The van der Waals surface area contributed by atoms with E-state index in [0.717, 1.165) is 40.8 Å². The van der Waals surface area contributed by atoms with Gasteiger partial charge < -0.3 is 21.5 Å². The Balaban J connectivity index is 1.92. The Labute approximate surface area is 192 Å². The lowest BCUT2D eigenvalue weighted by Gasteiger charge is -2.27. The van der Waals surface area contributed by atoms with Gasteiger partial charge in [0.05, 0.1) is 17.3 Å². The minimum absolute atomic E-state index is 0.236. The number of nitrogens with zero attached hydrogens (tertiary/aromatic N) is 3. The third-order valence-electron chi connectivity index (χ3n) is 6.24. The topological polar surface area (TPSA) is 138 Å². The van der Waals surface area contributed by atoms with Crippen LogP contribution in [0.15, 0.2) is 24.4 Å². The van der Waals surface area contributed by atoms with Gasteiger partial charge >= 0.3 is 0 Å². The number of carbonyl (C=O) groups excluding carboxylic acids is 2. The third-order valence-corrected chi connectivity index (χ3v) is 6.24. The van der Waals surface area contributed by atoms with Gasteiger partial charge in [-0.3, -0.25) is 9.59 Å². The summed E-state index contributed by atoms with van der Waals surface area (Å²) in [6.45, 7) is 6.17. The number of hydrogen-bond donors (Lipinski definition) is 3. The first-order valence-electron chi connectivity index (χ1n) is 11.4. The quantitative estimate of drug-likeness (QED) is 0.482. The normalized spacial score (nSPS) is 14.5. The second kappa shape index (κ2) is 9.58. The Morgan fingerprint density at radius 3 is 2.36 bits per heavy atom. The van der Waals surface area contributed by atoms with Crippen LogP contribution in [0.3, 0.4) is 0 Å². The molecule has 2 amide bonds. The number of hydrogen-bond acceptors (Lipinski definition) is 6. The van der Waals surface area contributed by atoms with Crippen LogP contribution in [0.4, 0.5) is 5.69 Å². The Kier molecular flexibility index (Phi) is 6.60. The first-order valence-corrected chi connectivity index (χ1v) is 11.4. The second-order valence-corrected chi connectivity index (χ2v) is 8.23. The molecule has 2 aromatic heterocycles. The van der Waals surface area contributed by atoms with E-state index in [0.29, 0.717) is 38.2 Å². The number of anilines is 1. The molecular weight excluding hydrogens is 420 g/mol. The van der Waals surface area contributed by atoms with Crippen LogP contribution in [0, 0.1) is 0 Å². The molecule has 9 heteroatoms. The van der Waals surface area contributed by atoms with E-state index in [2.05, 4.69) is 10.4 Å². The molecule has 0 bridgehead atoms. The molecule has 1 aliphatic heterocycles. The van der Waals surface area contributed by atoms with Gasteiger partial charge in [-0.25, -0.2) is 9.67 Å². The number of ether oxygens (including phenoxy) is 1. The Morgan fingerprint density at radius 2 is 1.79 bits per heavy atom. The number of benzene rings is 1. The van der Waals surface area contributed by atoms with E-state index in [4.69, 9.17) is 21.2 Å². The van der Waals surface area contributed by atoms with Gasteiger partial charge in [0.1, 0.15) is 0 Å². The maximum absolute atomic E-state index is 12.2. The number of aryl methyl sites for hydroxylation is 2. The number of rotatable bonds is 8. The summed E-state index contributed by atoms with van der Waals surface area (Å²) >= 11 is 0. The number of pyridine rings is 1. The van der Waals surface area contributed by atoms with Gasteiger partial charge in [-0.2, -0.15) is 5.10 Å². The highest BCUT2D eigenvalue weighted by atomic mass is 16.5. The van der Waals surface area contributed by atoms with Crippen LogP contribution < -0.4 is 16.8 Å². The van der Waals surface area contributed by atoms with Crippen molar-refractivity contribution in [1.82, 2.24) is 14.8 Å². The van der Waals surface area contributed by atoms with E-state index < -0.39 is 11.8 Å².